The van der Waals surface area contributed by atoms with E-state index in [9.17, 15) is 9.50 Å². The van der Waals surface area contributed by atoms with Crippen LogP contribution in [0.2, 0.25) is 0 Å². The van der Waals surface area contributed by atoms with Crippen LogP contribution in [0, 0.1) is 29.4 Å². The van der Waals surface area contributed by atoms with Crippen molar-refractivity contribution in [3.63, 3.8) is 0 Å². The van der Waals surface area contributed by atoms with Gasteiger partial charge < -0.3 is 25.0 Å². The Labute approximate surface area is 245 Å². The highest BCUT2D eigenvalue weighted by Gasteiger charge is 2.44. The third kappa shape index (κ3) is 4.67. The molecule has 0 spiro atoms. The number of nitrogens with zero attached hydrogens (tertiary/aromatic N) is 5. The molecule has 3 fully saturated rings. The van der Waals surface area contributed by atoms with Crippen LogP contribution in [-0.2, 0) is 0 Å². The van der Waals surface area contributed by atoms with Crippen molar-refractivity contribution >= 4 is 27.5 Å². The maximum Gasteiger partial charge on any atom is 0.319 e. The van der Waals surface area contributed by atoms with E-state index in [2.05, 4.69) is 26.2 Å². The fraction of sp³-hybridized carbons (Fsp3) is 0.406. The van der Waals surface area contributed by atoms with Gasteiger partial charge in [-0.25, -0.2) is 8.78 Å². The number of benzene rings is 2. The summed E-state index contributed by atoms with van der Waals surface area (Å²) in [5.74, 6) is 1.09. The second-order valence-electron chi connectivity index (χ2n) is 11.9. The van der Waals surface area contributed by atoms with Crippen LogP contribution in [0.3, 0.4) is 0 Å². The zero-order valence-electron chi connectivity index (χ0n) is 25.4. The summed E-state index contributed by atoms with van der Waals surface area (Å²) >= 11 is 0. The molecule has 2 aromatic heterocycles. The fourth-order valence-corrected chi connectivity index (χ4v) is 6.42. The van der Waals surface area contributed by atoms with E-state index in [-0.39, 0.29) is 51.6 Å². The molecule has 10 heteroatoms. The Kier molecular flexibility index (Phi) is 5.86. The van der Waals surface area contributed by atoms with Gasteiger partial charge in [-0.15, -0.1) is 6.42 Å². The molecule has 4 heterocycles. The summed E-state index contributed by atoms with van der Waals surface area (Å²) in [6.45, 7) is -0.379. The standard InChI is InChI=1S/C32H32F2N6O2/c1-4-22-25(33)8-5-18-11-21(41)12-23(26(18)22)28-27(34)29-24(13-35-28)30(40-14-19-6-7-20(15-40)36-19)38-31(37-29)42-17-32(9-10-32)16-39(2)3/h1,5,8,11-13,19-20,36,41H,6-7,9-10,14-17H2,2-3H3/t19-,20+/i17D2. The lowest BCUT2D eigenvalue weighted by Crippen LogP contribution is -2.51. The zero-order chi connectivity index (χ0) is 31.0. The summed E-state index contributed by atoms with van der Waals surface area (Å²) in [6, 6.07) is 5.60. The van der Waals surface area contributed by atoms with Gasteiger partial charge in [0.05, 0.1) is 20.3 Å². The molecule has 2 N–H and O–H groups in total. The molecule has 2 aliphatic heterocycles. The number of terminal acetylenes is 1. The Morgan fingerprint density at radius 3 is 2.67 bits per heavy atom. The van der Waals surface area contributed by atoms with E-state index in [1.165, 1.54) is 30.5 Å². The number of nitrogens with one attached hydrogen (secondary N) is 1. The maximum absolute atomic E-state index is 16.7. The number of fused-ring (bicyclic) bond motifs is 4. The van der Waals surface area contributed by atoms with Crippen molar-refractivity contribution in [3.05, 3.63) is 47.7 Å². The third-order valence-electron chi connectivity index (χ3n) is 8.44. The van der Waals surface area contributed by atoms with Gasteiger partial charge in [0, 0.05) is 54.3 Å². The molecule has 4 aromatic rings. The van der Waals surface area contributed by atoms with Gasteiger partial charge in [0.15, 0.2) is 5.82 Å². The van der Waals surface area contributed by atoms with Crippen LogP contribution in [-0.4, -0.2) is 77.3 Å². The van der Waals surface area contributed by atoms with Gasteiger partial charge in [-0.1, -0.05) is 12.0 Å². The monoisotopic (exact) mass is 572 g/mol. The Morgan fingerprint density at radius 1 is 1.21 bits per heavy atom. The van der Waals surface area contributed by atoms with Crippen molar-refractivity contribution in [3.8, 4) is 35.4 Å². The molecule has 7 rings (SSSR count). The van der Waals surface area contributed by atoms with E-state index in [1.54, 1.807) is 0 Å². The molecule has 2 saturated heterocycles. The van der Waals surface area contributed by atoms with Crippen molar-refractivity contribution in [2.24, 2.45) is 5.41 Å². The Bertz CT molecular complexity index is 1850. The number of hydrogen-bond acceptors (Lipinski definition) is 8. The molecule has 0 unspecified atom stereocenters. The Balaban J connectivity index is 1.42. The van der Waals surface area contributed by atoms with Gasteiger partial charge in [-0.2, -0.15) is 9.97 Å². The van der Waals surface area contributed by atoms with Gasteiger partial charge in [0.25, 0.3) is 0 Å². The van der Waals surface area contributed by atoms with Gasteiger partial charge in [-0.3, -0.25) is 4.98 Å². The summed E-state index contributed by atoms with van der Waals surface area (Å²) in [4.78, 5) is 17.5. The minimum absolute atomic E-state index is 0.0775. The van der Waals surface area contributed by atoms with E-state index < -0.39 is 23.6 Å². The third-order valence-corrected chi connectivity index (χ3v) is 8.44. The van der Waals surface area contributed by atoms with E-state index in [0.29, 0.717) is 49.1 Å². The number of aromatic nitrogens is 3. The number of aromatic hydroxyl groups is 1. The van der Waals surface area contributed by atoms with Gasteiger partial charge >= 0.3 is 6.01 Å². The topological polar surface area (TPSA) is 86.6 Å². The molecule has 8 nitrogen and oxygen atoms in total. The first-order chi connectivity index (χ1) is 21.0. The van der Waals surface area contributed by atoms with Gasteiger partial charge in [-0.05, 0) is 63.4 Å². The first-order valence-corrected chi connectivity index (χ1v) is 14.1. The number of phenolic OH excluding ortho intramolecular Hbond substituents is 1. The SMILES string of the molecule is [2H]C([2H])(Oc1nc(N2C[C@H]3CC[C@@H](C2)N3)c2cnc(-c3cc(O)cc4ccc(F)c(C#C)c34)c(F)c2n1)C1(CN(C)C)CC1. The first kappa shape index (κ1) is 24.5. The van der Waals surface area contributed by atoms with Gasteiger partial charge in [0.1, 0.15) is 28.6 Å². The molecule has 1 aliphatic carbocycles. The summed E-state index contributed by atoms with van der Waals surface area (Å²) in [6.07, 6.45) is 10.4. The average Bonchev–Trinajstić information content (AvgIpc) is 3.69. The minimum atomic E-state index is -2.11. The van der Waals surface area contributed by atoms with Crippen molar-refractivity contribution in [1.29, 1.82) is 0 Å². The quantitative estimate of drug-likeness (QED) is 0.314. The lowest BCUT2D eigenvalue weighted by molar-refractivity contribution is 0.183. The van der Waals surface area contributed by atoms with Crippen LogP contribution in [0.1, 0.15) is 34.0 Å². The van der Waals surface area contributed by atoms with Crippen LogP contribution in [0.25, 0.3) is 32.9 Å². The number of rotatable bonds is 7. The first-order valence-electron chi connectivity index (χ1n) is 15.1. The summed E-state index contributed by atoms with van der Waals surface area (Å²) in [5, 5.41) is 15.1. The maximum atomic E-state index is 16.7. The molecule has 2 bridgehead atoms. The zero-order valence-corrected chi connectivity index (χ0v) is 23.4. The molecule has 1 saturated carbocycles. The number of phenols is 1. The number of pyridine rings is 1. The van der Waals surface area contributed by atoms with Crippen molar-refractivity contribution in [1.82, 2.24) is 25.2 Å². The molecule has 216 valence electrons. The summed E-state index contributed by atoms with van der Waals surface area (Å²) in [7, 11) is 3.76. The van der Waals surface area contributed by atoms with Crippen LogP contribution >= 0.6 is 0 Å². The minimum Gasteiger partial charge on any atom is -0.508 e. The predicted molar refractivity (Wildman–Crippen MR) is 158 cm³/mol. The molecule has 42 heavy (non-hydrogen) atoms. The van der Waals surface area contributed by atoms with Crippen LogP contribution in [0.5, 0.6) is 11.8 Å². The Hall–Kier alpha value is -4.07. The van der Waals surface area contributed by atoms with E-state index in [1.807, 2.05) is 23.9 Å². The van der Waals surface area contributed by atoms with E-state index in [4.69, 9.17) is 13.9 Å². The molecule has 2 aromatic carbocycles. The van der Waals surface area contributed by atoms with Crippen LogP contribution < -0.4 is 15.0 Å². The molecule has 3 aliphatic rings. The number of halogens is 2. The lowest BCUT2D eigenvalue weighted by atomic mass is 9.96. The predicted octanol–water partition coefficient (Wildman–Crippen LogP) is 4.47. The fourth-order valence-electron chi connectivity index (χ4n) is 6.42. The largest absolute Gasteiger partial charge is 0.508 e. The molecule has 0 radical (unpaired) electrons. The smallest absolute Gasteiger partial charge is 0.319 e. The number of piperazine rings is 1. The molecule has 0 amide bonds. The second kappa shape index (κ2) is 10.0. The average molecular weight is 573 g/mol. The highest BCUT2D eigenvalue weighted by molar-refractivity contribution is 6.03. The van der Waals surface area contributed by atoms with Crippen LogP contribution in [0.4, 0.5) is 14.6 Å². The number of hydrogen-bond donors (Lipinski definition) is 2. The normalized spacial score (nSPS) is 21.9. The van der Waals surface area contributed by atoms with Crippen molar-refractivity contribution < 1.29 is 21.4 Å². The van der Waals surface area contributed by atoms with Crippen molar-refractivity contribution in [2.45, 2.75) is 37.8 Å². The Morgan fingerprint density at radius 2 is 1.98 bits per heavy atom. The molecule has 2 atom stereocenters. The highest BCUT2D eigenvalue weighted by Crippen LogP contribution is 2.46. The number of ether oxygens (including phenoxy) is 1. The van der Waals surface area contributed by atoms with E-state index >= 15 is 4.39 Å². The molecular weight excluding hydrogens is 538 g/mol. The molecular formula is C32H32F2N6O2. The van der Waals surface area contributed by atoms with Gasteiger partial charge in [0.2, 0.25) is 0 Å². The number of anilines is 1. The van der Waals surface area contributed by atoms with E-state index in [0.717, 1.165) is 12.8 Å². The lowest BCUT2D eigenvalue weighted by Gasteiger charge is -2.34. The highest BCUT2D eigenvalue weighted by atomic mass is 19.1. The second-order valence-corrected chi connectivity index (χ2v) is 11.9. The summed E-state index contributed by atoms with van der Waals surface area (Å²) < 4.78 is 55.1. The van der Waals surface area contributed by atoms with Crippen LogP contribution in [0.15, 0.2) is 30.5 Å². The summed E-state index contributed by atoms with van der Waals surface area (Å²) in [5.41, 5.74) is -1.02. The van der Waals surface area contributed by atoms with Crippen molar-refractivity contribution in [2.75, 3.05) is 45.2 Å².